The molecule has 31 heavy (non-hydrogen) atoms. The van der Waals surface area contributed by atoms with Crippen LogP contribution in [0.2, 0.25) is 0 Å². The number of benzene rings is 1. The van der Waals surface area contributed by atoms with Crippen molar-refractivity contribution in [3.8, 4) is 11.5 Å². The van der Waals surface area contributed by atoms with E-state index in [4.69, 9.17) is 4.74 Å². The monoisotopic (exact) mass is 536 g/mol. The molecule has 0 spiro atoms. The summed E-state index contributed by atoms with van der Waals surface area (Å²) in [6.45, 7) is 2.29. The molecule has 3 heterocycles. The van der Waals surface area contributed by atoms with Crippen LogP contribution in [-0.2, 0) is 13.6 Å². The maximum atomic E-state index is 14.5. The summed E-state index contributed by atoms with van der Waals surface area (Å²) in [6, 6.07) is 8.44. The van der Waals surface area contributed by atoms with Crippen LogP contribution in [0.25, 0.3) is 0 Å². The molecule has 1 fully saturated rings. The Balaban J connectivity index is 0.00000272. The average molecular weight is 536 g/mol. The van der Waals surface area contributed by atoms with Gasteiger partial charge in [-0.05, 0) is 41.8 Å². The topological polar surface area (TPSA) is 67.6 Å². The maximum absolute atomic E-state index is 14.5. The molecule has 1 atom stereocenters. The van der Waals surface area contributed by atoms with Gasteiger partial charge in [0.2, 0.25) is 0 Å². The van der Waals surface area contributed by atoms with E-state index in [1.165, 1.54) is 11.6 Å². The van der Waals surface area contributed by atoms with Gasteiger partial charge in [0.15, 0.2) is 17.5 Å². The lowest BCUT2D eigenvalue weighted by atomic mass is 10.0. The van der Waals surface area contributed by atoms with Gasteiger partial charge in [-0.1, -0.05) is 6.07 Å². The molecule has 1 aliphatic rings. The quantitative estimate of drug-likeness (QED) is 0.304. The standard InChI is InChI=1S/C22H25FN6O.HI/c1-24-22(29-9-7-17(15-29)18-12-27-28(2)14-18)26-11-16-5-6-21(20(23)10-16)30-19-4-3-8-25-13-19;/h3-6,8,10,12-14,17H,7,9,11,15H2,1-2H3,(H,24,26);1H. The molecule has 0 amide bonds. The van der Waals surface area contributed by atoms with Crippen molar-refractivity contribution < 1.29 is 9.13 Å². The first-order chi connectivity index (χ1) is 14.6. The van der Waals surface area contributed by atoms with Gasteiger partial charge in [-0.25, -0.2) is 4.39 Å². The Morgan fingerprint density at radius 1 is 1.32 bits per heavy atom. The van der Waals surface area contributed by atoms with Gasteiger partial charge in [-0.15, -0.1) is 24.0 Å². The summed E-state index contributed by atoms with van der Waals surface area (Å²) in [5.74, 6) is 1.52. The van der Waals surface area contributed by atoms with E-state index in [2.05, 4.69) is 31.5 Å². The Bertz CT molecular complexity index is 1030. The fraction of sp³-hybridized carbons (Fsp3) is 0.318. The number of aromatic nitrogens is 3. The fourth-order valence-electron chi connectivity index (χ4n) is 3.66. The normalized spacial score (nSPS) is 16.2. The molecule has 1 N–H and O–H groups in total. The predicted molar refractivity (Wildman–Crippen MR) is 128 cm³/mol. The molecule has 3 aromatic rings. The molecule has 7 nitrogen and oxygen atoms in total. The van der Waals surface area contributed by atoms with E-state index in [9.17, 15) is 4.39 Å². The largest absolute Gasteiger partial charge is 0.453 e. The molecule has 0 aliphatic carbocycles. The number of guanidine groups is 1. The molecule has 2 aromatic heterocycles. The molecule has 1 unspecified atom stereocenters. The van der Waals surface area contributed by atoms with Gasteiger partial charge in [0.25, 0.3) is 0 Å². The number of hydrogen-bond acceptors (Lipinski definition) is 4. The van der Waals surface area contributed by atoms with Crippen LogP contribution in [0.3, 0.4) is 0 Å². The van der Waals surface area contributed by atoms with Gasteiger partial charge in [0, 0.05) is 52.0 Å². The molecule has 1 aliphatic heterocycles. The summed E-state index contributed by atoms with van der Waals surface area (Å²) in [4.78, 5) is 10.6. The van der Waals surface area contributed by atoms with Crippen LogP contribution in [0.5, 0.6) is 11.5 Å². The molecule has 164 valence electrons. The second kappa shape index (κ2) is 10.6. The smallest absolute Gasteiger partial charge is 0.193 e. The molecule has 0 saturated carbocycles. The molecular weight excluding hydrogens is 510 g/mol. The molecule has 1 aromatic carbocycles. The lowest BCUT2D eigenvalue weighted by Gasteiger charge is -2.21. The van der Waals surface area contributed by atoms with E-state index in [1.54, 1.807) is 37.6 Å². The van der Waals surface area contributed by atoms with Crippen LogP contribution in [0.15, 0.2) is 60.1 Å². The first-order valence-corrected chi connectivity index (χ1v) is 9.93. The van der Waals surface area contributed by atoms with Gasteiger partial charge >= 0.3 is 0 Å². The number of nitrogens with zero attached hydrogens (tertiary/aromatic N) is 5. The highest BCUT2D eigenvalue weighted by Gasteiger charge is 2.26. The SMILES string of the molecule is CN=C(NCc1ccc(Oc2cccnc2)c(F)c1)N1CCC(c2cnn(C)c2)C1.I. The van der Waals surface area contributed by atoms with E-state index in [1.807, 2.05) is 24.0 Å². The van der Waals surface area contributed by atoms with E-state index in [0.717, 1.165) is 31.0 Å². The third kappa shape index (κ3) is 5.72. The second-order valence-electron chi connectivity index (χ2n) is 7.34. The van der Waals surface area contributed by atoms with Crippen molar-refractivity contribution in [2.75, 3.05) is 20.1 Å². The Kier molecular flexibility index (Phi) is 7.83. The fourth-order valence-corrected chi connectivity index (χ4v) is 3.66. The number of aliphatic imine (C=N–C) groups is 1. The second-order valence-corrected chi connectivity index (χ2v) is 7.34. The van der Waals surface area contributed by atoms with Gasteiger partial charge in [0.05, 0.1) is 12.4 Å². The van der Waals surface area contributed by atoms with Crippen LogP contribution in [-0.4, -0.2) is 45.8 Å². The van der Waals surface area contributed by atoms with Crippen molar-refractivity contribution in [3.05, 3.63) is 72.1 Å². The number of pyridine rings is 1. The number of hydrogen-bond donors (Lipinski definition) is 1. The summed E-state index contributed by atoms with van der Waals surface area (Å²) >= 11 is 0. The summed E-state index contributed by atoms with van der Waals surface area (Å²) in [5.41, 5.74) is 2.07. The van der Waals surface area contributed by atoms with Crippen LogP contribution < -0.4 is 10.1 Å². The zero-order valence-electron chi connectivity index (χ0n) is 17.5. The third-order valence-corrected chi connectivity index (χ3v) is 5.20. The van der Waals surface area contributed by atoms with Gasteiger partial charge in [0.1, 0.15) is 5.75 Å². The Morgan fingerprint density at radius 3 is 2.87 bits per heavy atom. The van der Waals surface area contributed by atoms with Crippen LogP contribution in [0, 0.1) is 5.82 Å². The average Bonchev–Trinajstić information content (AvgIpc) is 3.40. The van der Waals surface area contributed by atoms with Crippen molar-refractivity contribution >= 4 is 29.9 Å². The zero-order chi connectivity index (χ0) is 20.9. The number of ether oxygens (including phenoxy) is 1. The van der Waals surface area contributed by atoms with E-state index in [0.29, 0.717) is 18.2 Å². The molecule has 9 heteroatoms. The van der Waals surface area contributed by atoms with Crippen LogP contribution in [0.4, 0.5) is 4.39 Å². The summed E-state index contributed by atoms with van der Waals surface area (Å²) in [6.07, 6.45) is 8.25. The highest BCUT2D eigenvalue weighted by Crippen LogP contribution is 2.27. The van der Waals surface area contributed by atoms with Crippen molar-refractivity contribution in [3.63, 3.8) is 0 Å². The Labute approximate surface area is 198 Å². The van der Waals surface area contributed by atoms with Gasteiger partial charge in [-0.2, -0.15) is 5.10 Å². The molecule has 1 saturated heterocycles. The highest BCUT2D eigenvalue weighted by molar-refractivity contribution is 14.0. The minimum atomic E-state index is -0.411. The molecule has 4 rings (SSSR count). The number of halogens is 2. The van der Waals surface area contributed by atoms with Gasteiger partial charge in [-0.3, -0.25) is 14.7 Å². The minimum Gasteiger partial charge on any atom is -0.453 e. The molecular formula is C22H26FIN6O. The zero-order valence-corrected chi connectivity index (χ0v) is 19.9. The highest BCUT2D eigenvalue weighted by atomic mass is 127. The van der Waals surface area contributed by atoms with Crippen molar-refractivity contribution in [1.82, 2.24) is 25.0 Å². The predicted octanol–water partition coefficient (Wildman–Crippen LogP) is 3.93. The van der Waals surface area contributed by atoms with Gasteiger partial charge < -0.3 is 15.0 Å². The summed E-state index contributed by atoms with van der Waals surface area (Å²) in [7, 11) is 3.70. The lowest BCUT2D eigenvalue weighted by molar-refractivity contribution is 0.439. The van der Waals surface area contributed by atoms with Crippen LogP contribution in [0.1, 0.15) is 23.5 Å². The lowest BCUT2D eigenvalue weighted by Crippen LogP contribution is -2.39. The van der Waals surface area contributed by atoms with Crippen molar-refractivity contribution in [1.29, 1.82) is 0 Å². The minimum absolute atomic E-state index is 0. The first-order valence-electron chi connectivity index (χ1n) is 9.93. The molecule has 0 bridgehead atoms. The number of nitrogens with one attached hydrogen (secondary N) is 1. The van der Waals surface area contributed by atoms with Crippen molar-refractivity contribution in [2.24, 2.45) is 12.0 Å². The first kappa shape index (κ1) is 23.0. The third-order valence-electron chi connectivity index (χ3n) is 5.20. The number of aryl methyl sites for hydroxylation is 1. The van der Waals surface area contributed by atoms with E-state index in [-0.39, 0.29) is 29.7 Å². The summed E-state index contributed by atoms with van der Waals surface area (Å²) < 4.78 is 21.8. The van der Waals surface area contributed by atoms with E-state index < -0.39 is 5.82 Å². The van der Waals surface area contributed by atoms with E-state index >= 15 is 0 Å². The number of rotatable bonds is 5. The van der Waals surface area contributed by atoms with Crippen LogP contribution >= 0.6 is 24.0 Å². The Hall–Kier alpha value is -2.69. The molecule has 0 radical (unpaired) electrons. The number of likely N-dealkylation sites (tertiary alicyclic amines) is 1. The Morgan fingerprint density at radius 2 is 2.19 bits per heavy atom. The summed E-state index contributed by atoms with van der Waals surface area (Å²) in [5, 5.41) is 7.61. The van der Waals surface area contributed by atoms with Crippen molar-refractivity contribution in [2.45, 2.75) is 18.9 Å². The maximum Gasteiger partial charge on any atom is 0.193 e.